The van der Waals surface area contributed by atoms with E-state index >= 15 is 0 Å². The number of rotatable bonds is 3. The average molecular weight is 443 g/mol. The number of aryl methyl sites for hydroxylation is 1. The van der Waals surface area contributed by atoms with Gasteiger partial charge in [0.15, 0.2) is 0 Å². The van der Waals surface area contributed by atoms with Crippen molar-refractivity contribution < 1.29 is 5.11 Å². The predicted octanol–water partition coefficient (Wildman–Crippen LogP) is 6.46. The first-order valence-corrected chi connectivity index (χ1v) is 10.9. The second-order valence-electron chi connectivity index (χ2n) is 6.14. The molecule has 4 rings (SSSR count). The van der Waals surface area contributed by atoms with Crippen molar-refractivity contribution in [3.05, 3.63) is 60.5 Å². The molecule has 1 aliphatic rings. The number of halogens is 1. The molecule has 0 amide bonds. The van der Waals surface area contributed by atoms with Crippen molar-refractivity contribution >= 4 is 49.9 Å². The molecule has 0 saturated heterocycles. The second-order valence-corrected chi connectivity index (χ2v) is 8.88. The van der Waals surface area contributed by atoms with Crippen LogP contribution in [0, 0.1) is 11.3 Å². The number of aromatic nitrogens is 1. The van der Waals surface area contributed by atoms with E-state index in [0.29, 0.717) is 5.01 Å². The maximum absolute atomic E-state index is 10.8. The highest BCUT2D eigenvalue weighted by atomic mass is 79.9. The normalized spacial score (nSPS) is 14.5. The molecule has 2 aromatic heterocycles. The van der Waals surface area contributed by atoms with Crippen LogP contribution in [-0.2, 0) is 12.8 Å². The molecule has 0 atom stereocenters. The van der Waals surface area contributed by atoms with E-state index in [1.165, 1.54) is 28.2 Å². The van der Waals surface area contributed by atoms with E-state index in [1.807, 2.05) is 35.0 Å². The van der Waals surface area contributed by atoms with Crippen LogP contribution in [0.1, 0.15) is 33.9 Å². The van der Waals surface area contributed by atoms with Gasteiger partial charge in [0.2, 0.25) is 0 Å². The Hall–Kier alpha value is -1.94. The molecule has 3 aromatic rings. The summed E-state index contributed by atoms with van der Waals surface area (Å²) in [5.74, 6) is 0.0589. The lowest BCUT2D eigenvalue weighted by Gasteiger charge is -2.12. The molecule has 0 spiro atoms. The number of allylic oxidation sites excluding steroid dienone is 1. The zero-order chi connectivity index (χ0) is 18.1. The fraction of sp³-hybridized carbons (Fsp3) is 0.200. The van der Waals surface area contributed by atoms with E-state index in [2.05, 4.69) is 27.0 Å². The van der Waals surface area contributed by atoms with Gasteiger partial charge in [-0.25, -0.2) is 4.98 Å². The number of aliphatic hydroxyl groups is 1. The summed E-state index contributed by atoms with van der Waals surface area (Å²) < 4.78 is 1.01. The summed E-state index contributed by atoms with van der Waals surface area (Å²) in [4.78, 5) is 5.93. The Morgan fingerprint density at radius 3 is 2.65 bits per heavy atom. The maximum Gasteiger partial charge on any atom is 0.144 e. The van der Waals surface area contributed by atoms with Crippen LogP contribution in [-0.4, -0.2) is 10.1 Å². The van der Waals surface area contributed by atoms with Crippen LogP contribution < -0.4 is 0 Å². The average Bonchev–Trinajstić information content (AvgIpc) is 3.30. The number of nitrogens with zero attached hydrogens (tertiary/aromatic N) is 2. The largest absolute Gasteiger partial charge is 0.506 e. The number of thiophene rings is 1. The molecule has 0 aliphatic heterocycles. The molecule has 0 saturated carbocycles. The van der Waals surface area contributed by atoms with Gasteiger partial charge >= 0.3 is 0 Å². The Morgan fingerprint density at radius 2 is 1.88 bits per heavy atom. The fourth-order valence-electron chi connectivity index (χ4n) is 3.17. The Morgan fingerprint density at radius 1 is 1.12 bits per heavy atom. The van der Waals surface area contributed by atoms with Crippen molar-refractivity contribution in [2.45, 2.75) is 25.7 Å². The summed E-state index contributed by atoms with van der Waals surface area (Å²) >= 11 is 6.49. The zero-order valence-corrected chi connectivity index (χ0v) is 17.0. The van der Waals surface area contributed by atoms with Gasteiger partial charge in [-0.05, 0) is 43.4 Å². The summed E-state index contributed by atoms with van der Waals surface area (Å²) in [6.45, 7) is 0. The van der Waals surface area contributed by atoms with Crippen LogP contribution in [0.25, 0.3) is 22.6 Å². The van der Waals surface area contributed by atoms with Crippen molar-refractivity contribution in [2.24, 2.45) is 0 Å². The number of hydrogen-bond acceptors (Lipinski definition) is 5. The molecular weight excluding hydrogens is 428 g/mol. The van der Waals surface area contributed by atoms with Crippen LogP contribution in [0.2, 0.25) is 0 Å². The van der Waals surface area contributed by atoms with Crippen molar-refractivity contribution in [1.82, 2.24) is 4.98 Å². The van der Waals surface area contributed by atoms with Gasteiger partial charge in [-0.15, -0.1) is 22.7 Å². The molecule has 26 heavy (non-hydrogen) atoms. The van der Waals surface area contributed by atoms with Crippen molar-refractivity contribution in [1.29, 1.82) is 5.26 Å². The summed E-state index contributed by atoms with van der Waals surface area (Å²) in [6, 6.07) is 10.0. The Kier molecular flexibility index (Phi) is 4.94. The first-order chi connectivity index (χ1) is 12.7. The smallest absolute Gasteiger partial charge is 0.144 e. The van der Waals surface area contributed by atoms with Crippen LogP contribution in [0.4, 0.5) is 0 Å². The minimum atomic E-state index is 0.0589. The Bertz CT molecular complexity index is 1030. The van der Waals surface area contributed by atoms with E-state index < -0.39 is 0 Å². The summed E-state index contributed by atoms with van der Waals surface area (Å²) in [5.41, 5.74) is 4.06. The number of aliphatic hydroxyl groups excluding tert-OH is 1. The minimum absolute atomic E-state index is 0.0589. The Balaban J connectivity index is 1.73. The molecular formula is C20H15BrN2OS2. The quantitative estimate of drug-likeness (QED) is 0.373. The van der Waals surface area contributed by atoms with E-state index in [9.17, 15) is 10.4 Å². The van der Waals surface area contributed by atoms with E-state index in [0.717, 1.165) is 40.6 Å². The van der Waals surface area contributed by atoms with Gasteiger partial charge in [-0.2, -0.15) is 5.26 Å². The fourth-order valence-corrected chi connectivity index (χ4v) is 5.39. The molecule has 0 fully saturated rings. The number of hydrogen-bond donors (Lipinski definition) is 1. The molecule has 1 aromatic carbocycles. The van der Waals surface area contributed by atoms with Gasteiger partial charge in [0.1, 0.15) is 22.4 Å². The number of benzene rings is 1. The van der Waals surface area contributed by atoms with Crippen molar-refractivity contribution in [3.63, 3.8) is 0 Å². The van der Waals surface area contributed by atoms with Gasteiger partial charge < -0.3 is 5.11 Å². The van der Waals surface area contributed by atoms with Gasteiger partial charge in [0, 0.05) is 31.2 Å². The number of fused-ring (bicyclic) bond motifs is 1. The molecule has 130 valence electrons. The predicted molar refractivity (Wildman–Crippen MR) is 111 cm³/mol. The lowest BCUT2D eigenvalue weighted by Crippen LogP contribution is -2.01. The van der Waals surface area contributed by atoms with Gasteiger partial charge in [-0.1, -0.05) is 28.1 Å². The molecule has 3 nitrogen and oxygen atoms in total. The van der Waals surface area contributed by atoms with Crippen LogP contribution in [0.3, 0.4) is 0 Å². The third-order valence-corrected chi connectivity index (χ3v) is 7.00. The van der Waals surface area contributed by atoms with Crippen LogP contribution in [0.15, 0.2) is 39.5 Å². The molecule has 6 heteroatoms. The highest BCUT2D eigenvalue weighted by Gasteiger charge is 2.22. The van der Waals surface area contributed by atoms with E-state index in [4.69, 9.17) is 0 Å². The van der Waals surface area contributed by atoms with Crippen LogP contribution in [0.5, 0.6) is 0 Å². The van der Waals surface area contributed by atoms with Gasteiger partial charge in [0.25, 0.3) is 0 Å². The van der Waals surface area contributed by atoms with Crippen LogP contribution >= 0.6 is 38.6 Å². The molecule has 2 heterocycles. The van der Waals surface area contributed by atoms with Crippen molar-refractivity contribution in [3.8, 4) is 17.3 Å². The second kappa shape index (κ2) is 7.36. The molecule has 0 radical (unpaired) electrons. The summed E-state index contributed by atoms with van der Waals surface area (Å²) in [6.07, 6.45) is 4.38. The maximum atomic E-state index is 10.8. The topological polar surface area (TPSA) is 56.9 Å². The lowest BCUT2D eigenvalue weighted by atomic mass is 9.94. The van der Waals surface area contributed by atoms with E-state index in [-0.39, 0.29) is 11.3 Å². The monoisotopic (exact) mass is 442 g/mol. The number of thiazole rings is 1. The first-order valence-electron chi connectivity index (χ1n) is 8.32. The van der Waals surface area contributed by atoms with E-state index in [1.54, 1.807) is 11.3 Å². The third kappa shape index (κ3) is 3.23. The summed E-state index contributed by atoms with van der Waals surface area (Å²) in [7, 11) is 0. The molecule has 1 aliphatic carbocycles. The van der Waals surface area contributed by atoms with Crippen molar-refractivity contribution in [2.75, 3.05) is 0 Å². The highest BCUT2D eigenvalue weighted by molar-refractivity contribution is 9.10. The summed E-state index contributed by atoms with van der Waals surface area (Å²) in [5, 5.41) is 24.9. The van der Waals surface area contributed by atoms with Gasteiger partial charge in [-0.3, -0.25) is 0 Å². The third-order valence-electron chi connectivity index (χ3n) is 4.52. The first kappa shape index (κ1) is 17.5. The molecule has 1 N–H and O–H groups in total. The molecule has 0 bridgehead atoms. The standard InChI is InChI=1S/C20H15BrN2OS2/c21-13-7-5-12(6-8-13)17-11-26-20(23-17)15(9-22)19(24)16-10-25-18-4-2-1-3-14(16)18/h5-8,10-11,24H,1-4H2. The van der Waals surface area contributed by atoms with Gasteiger partial charge in [0.05, 0.1) is 5.69 Å². The lowest BCUT2D eigenvalue weighted by molar-refractivity contribution is 0.512. The zero-order valence-electron chi connectivity index (χ0n) is 13.8. The number of nitriles is 1. The highest BCUT2D eigenvalue weighted by Crippen LogP contribution is 2.37. The SMILES string of the molecule is N#CC(=C(O)c1csc2c1CCCC2)c1nc(-c2ccc(Br)cc2)cs1. The molecule has 0 unspecified atom stereocenters. The minimum Gasteiger partial charge on any atom is -0.506 e. The Labute approximate surface area is 168 Å².